The van der Waals surface area contributed by atoms with Gasteiger partial charge in [0, 0.05) is 116 Å². The van der Waals surface area contributed by atoms with E-state index in [-0.39, 0.29) is 230 Å². The summed E-state index contributed by atoms with van der Waals surface area (Å²) in [5, 5.41) is 19.3. The first-order chi connectivity index (χ1) is 59.8. The Hall–Kier alpha value is -8.34. The molecule has 7 heterocycles. The monoisotopic (exact) mass is 1860 g/mol. The van der Waals surface area contributed by atoms with Crippen molar-refractivity contribution >= 4 is 83.6 Å². The molecule has 37 atom stereocenters. The summed E-state index contributed by atoms with van der Waals surface area (Å²) in [6.45, 7) is 9.63. The number of fused-ring (bicyclic) bond motifs is 7. The van der Waals surface area contributed by atoms with Crippen molar-refractivity contribution in [1.82, 2.24) is 0 Å². The Morgan fingerprint density at radius 1 is 0.295 bits per heavy atom. The van der Waals surface area contributed by atoms with E-state index in [1.54, 1.807) is 0 Å². The van der Waals surface area contributed by atoms with Gasteiger partial charge >= 0.3 is 108 Å². The number of aliphatic hydroxyl groups excluding tert-OH is 2. The predicted octanol–water partition coefficient (Wildman–Crippen LogP) is 8.34. The van der Waals surface area contributed by atoms with E-state index >= 15 is 0 Å². The zero-order valence-electron chi connectivity index (χ0n) is 72.2. The first kappa shape index (κ1) is 95.3. The molecule has 30 nitrogen and oxygen atoms in total. The van der Waals surface area contributed by atoms with E-state index < -0.39 is 143 Å². The van der Waals surface area contributed by atoms with Crippen LogP contribution in [0, 0.1) is 159 Å². The van der Waals surface area contributed by atoms with Crippen LogP contribution in [0.4, 0.5) is 52.7 Å². The second-order valence-corrected chi connectivity index (χ2v) is 41.2. The first-order valence-electron chi connectivity index (χ1n) is 44.1. The molecule has 7 saturated heterocycles. The van der Waals surface area contributed by atoms with E-state index in [2.05, 4.69) is 9.47 Å². The number of carbonyl (C=O) groups excluding carboxylic acids is 14. The van der Waals surface area contributed by atoms with Crippen molar-refractivity contribution in [3.05, 3.63) is 0 Å². The largest absolute Gasteiger partial charge is 0.465 e. The van der Waals surface area contributed by atoms with E-state index in [0.717, 1.165) is 58.8 Å². The van der Waals surface area contributed by atoms with Crippen LogP contribution in [-0.4, -0.2) is 235 Å². The third kappa shape index (κ3) is 17.4. The second-order valence-electron chi connectivity index (χ2n) is 41.2. The highest BCUT2D eigenvalue weighted by atomic mass is 19.4. The second kappa shape index (κ2) is 33.7. The molecule has 21 fully saturated rings. The van der Waals surface area contributed by atoms with Crippen LogP contribution in [-0.2, 0) is 133 Å². The maximum absolute atomic E-state index is 13.4. The standard InChI is InChI=1S/C14H17F3O4.C13H17FO4.2C12H14F2O5.C12H14F2O4.2C12H15FO4/c1-13(2,14(15,16)17)12(19)20-5-9-6-3-7-8(4-6)11(18)21-10(7)9;1-13(2,14)12(16)17-5-9-6-3-7-8(4-6)11(15)18-10(7)9;1-12(13,14)11(17)18-3-6-4-2-5-7(8(4)15)10(16)19-9(5)6;1-12(13,14)11(17)19-8-4-2-5-7(6(4)3-15)10(16)18-9(5)8;1-12(13,14)11(16)17-4-8-5-2-6-7(3-5)10(15)18-9(6)8;2*1-12(2,13)11(15)17-8-5-3-6-7(4-5)10(14)16-9(6)8/h6-10H,3-5H2,1-2H3;6-10H,3-5H2,1-2H3;2*4-9,15H,2-3H2,1H3;5-9H,2-4H2,1H3;2*5-9H,3-4H2,1-2H3. The first-order valence-corrected chi connectivity index (χ1v) is 44.1. The van der Waals surface area contributed by atoms with Gasteiger partial charge < -0.3 is 76.5 Å². The van der Waals surface area contributed by atoms with Gasteiger partial charge in [0.1, 0.15) is 61.0 Å². The number of carbonyl (C=O) groups is 14. The fourth-order valence-corrected chi connectivity index (χ4v) is 25.1. The predicted molar refractivity (Wildman–Crippen MR) is 399 cm³/mol. The molecule has 14 bridgehead atoms. The number of ether oxygens (including phenoxy) is 14. The third-order valence-corrected chi connectivity index (χ3v) is 31.5. The van der Waals surface area contributed by atoms with E-state index in [4.69, 9.17) is 56.8 Å². The van der Waals surface area contributed by atoms with Crippen LogP contribution in [0.5, 0.6) is 0 Å². The van der Waals surface area contributed by atoms with Gasteiger partial charge in [-0.1, -0.05) is 0 Å². The smallest absolute Gasteiger partial charge is 0.404 e. The van der Waals surface area contributed by atoms with Gasteiger partial charge in [-0.3, -0.25) is 38.4 Å². The van der Waals surface area contributed by atoms with Crippen molar-refractivity contribution in [3.8, 4) is 0 Å². The molecule has 21 rings (SSSR count). The Labute approximate surface area is 730 Å². The molecule has 0 radical (unpaired) electrons. The lowest BCUT2D eigenvalue weighted by atomic mass is 9.79. The Balaban J connectivity index is 0.000000116. The van der Waals surface area contributed by atoms with Crippen molar-refractivity contribution in [2.45, 2.75) is 261 Å². The number of rotatable bonds is 19. The zero-order chi connectivity index (χ0) is 94.4. The van der Waals surface area contributed by atoms with Gasteiger partial charge in [0.05, 0.1) is 74.0 Å². The molecule has 0 spiro atoms. The van der Waals surface area contributed by atoms with Crippen molar-refractivity contribution in [3.63, 3.8) is 0 Å². The molecule has 21 aliphatic rings. The molecule has 42 heteroatoms. The summed E-state index contributed by atoms with van der Waals surface area (Å²) in [6, 6.07) is 0. The molecule has 7 aliphatic heterocycles. The summed E-state index contributed by atoms with van der Waals surface area (Å²) in [4.78, 5) is 160. The van der Waals surface area contributed by atoms with Gasteiger partial charge in [0.15, 0.2) is 5.41 Å². The maximum atomic E-state index is 13.4. The van der Waals surface area contributed by atoms with Crippen LogP contribution >= 0.6 is 0 Å². The molecule has 129 heavy (non-hydrogen) atoms. The highest BCUT2D eigenvalue weighted by Gasteiger charge is 2.72. The molecule has 37 unspecified atom stereocenters. The summed E-state index contributed by atoms with van der Waals surface area (Å²) in [7, 11) is 0. The zero-order valence-corrected chi connectivity index (χ0v) is 72.2. The highest BCUT2D eigenvalue weighted by Crippen LogP contribution is 2.64. The minimum Gasteiger partial charge on any atom is -0.465 e. The van der Waals surface area contributed by atoms with Crippen molar-refractivity contribution in [2.24, 2.45) is 159 Å². The normalized spacial score (nSPS) is 41.7. The molecule has 0 aromatic heterocycles. The van der Waals surface area contributed by atoms with Crippen LogP contribution in [0.3, 0.4) is 0 Å². The molecule has 0 amide bonds. The van der Waals surface area contributed by atoms with Crippen LogP contribution in [0.25, 0.3) is 0 Å². The lowest BCUT2D eigenvalue weighted by Crippen LogP contribution is -2.44. The van der Waals surface area contributed by atoms with Gasteiger partial charge in [0.25, 0.3) is 0 Å². The summed E-state index contributed by atoms with van der Waals surface area (Å²) < 4.78 is 226. The number of esters is 14. The average Bonchev–Trinajstić information content (AvgIpc) is 1.55. The molecule has 0 aromatic carbocycles. The van der Waals surface area contributed by atoms with Gasteiger partial charge in [-0.15, -0.1) is 0 Å². The van der Waals surface area contributed by atoms with Crippen LogP contribution in [0.1, 0.15) is 153 Å². The summed E-state index contributed by atoms with van der Waals surface area (Å²) in [5.41, 5.74) is -8.49. The number of hydrogen-bond donors (Lipinski definition) is 2. The Bertz CT molecular complexity index is 4310. The number of hydrogen-bond acceptors (Lipinski definition) is 30. The SMILES string of the molecule is CC(C)(C(=O)OCC1C2CC3C(=O)OC1C3C2)C(F)(F)F.CC(C)(F)C(=O)OC1C2CC3C(=O)OC1C3C2.CC(C)(F)C(=O)OC1C2CC3C(=O)OC1C3C2.CC(C)(F)C(=O)OCC1C2CC3C(=O)OC1C3C2.CC(F)(F)C(=O)OC1C2CC3C1OC(=O)C3C2CO.CC(F)(F)C(=O)OCC1C2CC3C(=O)OC1C3C2.CC(F)(F)C(=O)OCC1C2CC3C1OC(=O)C3C2O. The van der Waals surface area contributed by atoms with Gasteiger partial charge in [-0.25, -0.2) is 41.9 Å². The Kier molecular flexibility index (Phi) is 24.9. The number of alkyl halides is 12. The van der Waals surface area contributed by atoms with E-state index in [0.29, 0.717) is 64.7 Å². The Morgan fingerprint density at radius 2 is 0.574 bits per heavy atom. The lowest BCUT2D eigenvalue weighted by Gasteiger charge is -2.30. The molecule has 0 aromatic rings. The van der Waals surface area contributed by atoms with E-state index in [1.807, 2.05) is 0 Å². The van der Waals surface area contributed by atoms with Crippen molar-refractivity contribution in [2.75, 3.05) is 33.0 Å². The minimum atomic E-state index is -4.65. The molecule has 2 N–H and O–H groups in total. The van der Waals surface area contributed by atoms with Crippen LogP contribution in [0.15, 0.2) is 0 Å². The fourth-order valence-electron chi connectivity index (χ4n) is 25.1. The van der Waals surface area contributed by atoms with Gasteiger partial charge in [0.2, 0.25) is 17.0 Å². The van der Waals surface area contributed by atoms with Crippen LogP contribution in [0.2, 0.25) is 0 Å². The lowest BCUT2D eigenvalue weighted by molar-refractivity contribution is -0.226. The van der Waals surface area contributed by atoms with Crippen LogP contribution < -0.4 is 0 Å². The van der Waals surface area contributed by atoms with E-state index in [1.165, 1.54) is 41.5 Å². The maximum Gasteiger partial charge on any atom is 0.404 e. The van der Waals surface area contributed by atoms with Crippen molar-refractivity contribution in [1.29, 1.82) is 0 Å². The highest BCUT2D eigenvalue weighted by molar-refractivity contribution is 5.84. The van der Waals surface area contributed by atoms with Gasteiger partial charge in [-0.2, -0.15) is 39.5 Å². The molecular formula is C87H106F12O30. The molecular weight excluding hydrogens is 1750 g/mol. The number of halogens is 12. The number of aliphatic hydroxyl groups is 2. The molecule has 14 saturated carbocycles. The van der Waals surface area contributed by atoms with Gasteiger partial charge in [-0.05, 0) is 156 Å². The fraction of sp³-hybridized carbons (Fsp3) is 0.839. The topological polar surface area (TPSA) is 409 Å². The minimum absolute atomic E-state index is 0.0143. The van der Waals surface area contributed by atoms with Crippen molar-refractivity contribution < 1.29 is 196 Å². The molecule has 14 aliphatic carbocycles. The van der Waals surface area contributed by atoms with E-state index in [9.17, 15) is 130 Å². The third-order valence-electron chi connectivity index (χ3n) is 31.5. The Morgan fingerprint density at radius 3 is 0.938 bits per heavy atom. The summed E-state index contributed by atoms with van der Waals surface area (Å²) >= 11 is 0. The summed E-state index contributed by atoms with van der Waals surface area (Å²) in [5.74, 6) is -21.2. The molecule has 718 valence electrons. The summed E-state index contributed by atoms with van der Waals surface area (Å²) in [6.07, 6.45) is -0.268. The average molecular weight is 1860 g/mol. The quantitative estimate of drug-likeness (QED) is 0.0696.